The van der Waals surface area contributed by atoms with Gasteiger partial charge in [0.15, 0.2) is 0 Å². The molecular formula is C7H13O. The van der Waals surface area contributed by atoms with E-state index >= 15 is 0 Å². The van der Waals surface area contributed by atoms with E-state index in [9.17, 15) is 5.11 Å². The standard InChI is InChI=1S/C7H13O/c1-6(2)4-7(3)5-8/h7H,1,4-5H2,2-3H3. The summed E-state index contributed by atoms with van der Waals surface area (Å²) in [5, 5.41) is 10.1. The Morgan fingerprint density at radius 3 is 2.38 bits per heavy atom. The van der Waals surface area contributed by atoms with Crippen molar-refractivity contribution in [2.45, 2.75) is 20.3 Å². The lowest BCUT2D eigenvalue weighted by molar-refractivity contribution is 0.151. The van der Waals surface area contributed by atoms with Gasteiger partial charge in [0.2, 0.25) is 0 Å². The molecular weight excluding hydrogens is 100 g/mol. The summed E-state index contributed by atoms with van der Waals surface area (Å²) >= 11 is 0. The second kappa shape index (κ2) is 3.67. The minimum Gasteiger partial charge on any atom is -0.236 e. The molecule has 1 heteroatoms. The predicted molar refractivity (Wildman–Crippen MR) is 34.1 cm³/mol. The second-order valence-corrected chi connectivity index (χ2v) is 2.43. The quantitative estimate of drug-likeness (QED) is 0.499. The topological polar surface area (TPSA) is 19.9 Å². The molecule has 0 aliphatic carbocycles. The fourth-order valence-electron chi connectivity index (χ4n) is 0.654. The first kappa shape index (κ1) is 7.70. The Morgan fingerprint density at radius 2 is 2.25 bits per heavy atom. The summed E-state index contributed by atoms with van der Waals surface area (Å²) in [6, 6.07) is 0. The van der Waals surface area contributed by atoms with Crippen LogP contribution in [0.4, 0.5) is 0 Å². The lowest BCUT2D eigenvalue weighted by Gasteiger charge is -2.03. The molecule has 0 N–H and O–H groups in total. The van der Waals surface area contributed by atoms with Crippen molar-refractivity contribution < 1.29 is 5.11 Å². The van der Waals surface area contributed by atoms with E-state index < -0.39 is 0 Å². The van der Waals surface area contributed by atoms with Gasteiger partial charge in [0, 0.05) is 0 Å². The van der Waals surface area contributed by atoms with E-state index in [1.807, 2.05) is 13.8 Å². The smallest absolute Gasteiger partial charge is 0.0850 e. The highest BCUT2D eigenvalue weighted by Crippen LogP contribution is 2.06. The zero-order valence-electron chi connectivity index (χ0n) is 5.61. The molecule has 0 aromatic heterocycles. The van der Waals surface area contributed by atoms with E-state index in [0.29, 0.717) is 0 Å². The highest BCUT2D eigenvalue weighted by atomic mass is 16.3. The molecule has 0 aromatic carbocycles. The van der Waals surface area contributed by atoms with Crippen LogP contribution in [0.25, 0.3) is 0 Å². The molecule has 0 aliphatic heterocycles. The summed E-state index contributed by atoms with van der Waals surface area (Å²) < 4.78 is 0. The SMILES string of the molecule is C=C(C)CC(C)C[O]. The third-order valence-electron chi connectivity index (χ3n) is 0.981. The van der Waals surface area contributed by atoms with Crippen LogP contribution in [-0.4, -0.2) is 6.61 Å². The molecule has 0 saturated carbocycles. The Labute approximate surface area is 51.0 Å². The first-order valence-corrected chi connectivity index (χ1v) is 2.89. The summed E-state index contributed by atoms with van der Waals surface area (Å²) in [4.78, 5) is 0. The summed E-state index contributed by atoms with van der Waals surface area (Å²) in [6.45, 7) is 7.62. The Morgan fingerprint density at radius 1 is 1.75 bits per heavy atom. The van der Waals surface area contributed by atoms with Crippen LogP contribution in [0.3, 0.4) is 0 Å². The molecule has 0 aromatic rings. The highest BCUT2D eigenvalue weighted by Gasteiger charge is 1.98. The maximum Gasteiger partial charge on any atom is 0.0850 e. The molecule has 0 heterocycles. The van der Waals surface area contributed by atoms with E-state index in [1.54, 1.807) is 0 Å². The average molecular weight is 113 g/mol. The zero-order valence-corrected chi connectivity index (χ0v) is 5.61. The van der Waals surface area contributed by atoms with Crippen LogP contribution in [-0.2, 0) is 5.11 Å². The van der Waals surface area contributed by atoms with Gasteiger partial charge in [-0.25, -0.2) is 5.11 Å². The van der Waals surface area contributed by atoms with Crippen LogP contribution in [0.2, 0.25) is 0 Å². The monoisotopic (exact) mass is 113 g/mol. The van der Waals surface area contributed by atoms with E-state index in [1.165, 1.54) is 0 Å². The maximum absolute atomic E-state index is 10.1. The molecule has 1 unspecified atom stereocenters. The van der Waals surface area contributed by atoms with Gasteiger partial charge in [-0.3, -0.25) is 0 Å². The molecule has 1 radical (unpaired) electrons. The molecule has 0 amide bonds. The third kappa shape index (κ3) is 3.88. The molecule has 0 aliphatic rings. The van der Waals surface area contributed by atoms with Crippen LogP contribution >= 0.6 is 0 Å². The lowest BCUT2D eigenvalue weighted by Crippen LogP contribution is -1.98. The molecule has 0 rings (SSSR count). The minimum absolute atomic E-state index is 0.0207. The van der Waals surface area contributed by atoms with Gasteiger partial charge in [0.1, 0.15) is 0 Å². The van der Waals surface area contributed by atoms with Crippen molar-refractivity contribution in [3.8, 4) is 0 Å². The predicted octanol–water partition coefficient (Wildman–Crippen LogP) is 2.02. The number of hydrogen-bond acceptors (Lipinski definition) is 0. The Kier molecular flexibility index (Phi) is 3.53. The van der Waals surface area contributed by atoms with Crippen LogP contribution in [0.1, 0.15) is 20.3 Å². The molecule has 0 saturated heterocycles. The minimum atomic E-state index is 0.0207. The first-order valence-electron chi connectivity index (χ1n) is 2.89. The highest BCUT2D eigenvalue weighted by molar-refractivity contribution is 4.88. The average Bonchev–Trinajstić information content (AvgIpc) is 1.65. The Bertz CT molecular complexity index is 76.5. The molecule has 0 bridgehead atoms. The van der Waals surface area contributed by atoms with Crippen molar-refractivity contribution in [2.75, 3.05) is 6.61 Å². The fourth-order valence-corrected chi connectivity index (χ4v) is 0.654. The molecule has 0 spiro atoms. The summed E-state index contributed by atoms with van der Waals surface area (Å²) in [6.07, 6.45) is 0.878. The van der Waals surface area contributed by atoms with Crippen LogP contribution in [0.15, 0.2) is 12.2 Å². The van der Waals surface area contributed by atoms with E-state index in [0.717, 1.165) is 12.0 Å². The van der Waals surface area contributed by atoms with Crippen molar-refractivity contribution >= 4 is 0 Å². The zero-order chi connectivity index (χ0) is 6.57. The van der Waals surface area contributed by atoms with Crippen molar-refractivity contribution in [2.24, 2.45) is 5.92 Å². The van der Waals surface area contributed by atoms with Gasteiger partial charge in [-0.1, -0.05) is 12.5 Å². The van der Waals surface area contributed by atoms with E-state index in [-0.39, 0.29) is 12.5 Å². The van der Waals surface area contributed by atoms with Gasteiger partial charge in [-0.05, 0) is 19.3 Å². The van der Waals surface area contributed by atoms with E-state index in [2.05, 4.69) is 6.58 Å². The Hall–Kier alpha value is -0.300. The summed E-state index contributed by atoms with van der Waals surface area (Å²) in [5.41, 5.74) is 1.10. The second-order valence-electron chi connectivity index (χ2n) is 2.43. The van der Waals surface area contributed by atoms with Crippen LogP contribution < -0.4 is 0 Å². The van der Waals surface area contributed by atoms with Gasteiger partial charge in [-0.2, -0.15) is 0 Å². The summed E-state index contributed by atoms with van der Waals surface area (Å²) in [7, 11) is 0. The Balaban J connectivity index is 3.24. The number of rotatable bonds is 3. The molecule has 1 atom stereocenters. The number of hydrogen-bond donors (Lipinski definition) is 0. The van der Waals surface area contributed by atoms with Gasteiger partial charge < -0.3 is 0 Å². The van der Waals surface area contributed by atoms with Crippen LogP contribution in [0, 0.1) is 5.92 Å². The van der Waals surface area contributed by atoms with Crippen molar-refractivity contribution in [1.82, 2.24) is 0 Å². The van der Waals surface area contributed by atoms with Crippen molar-refractivity contribution in [3.05, 3.63) is 12.2 Å². The molecule has 1 nitrogen and oxygen atoms in total. The lowest BCUT2D eigenvalue weighted by atomic mass is 10.1. The van der Waals surface area contributed by atoms with Gasteiger partial charge >= 0.3 is 0 Å². The van der Waals surface area contributed by atoms with Crippen LogP contribution in [0.5, 0.6) is 0 Å². The molecule has 0 fully saturated rings. The first-order chi connectivity index (χ1) is 3.66. The van der Waals surface area contributed by atoms with Crippen molar-refractivity contribution in [3.63, 3.8) is 0 Å². The van der Waals surface area contributed by atoms with Gasteiger partial charge in [0.05, 0.1) is 6.61 Å². The third-order valence-corrected chi connectivity index (χ3v) is 0.981. The largest absolute Gasteiger partial charge is 0.236 e. The molecule has 8 heavy (non-hydrogen) atoms. The molecule has 47 valence electrons. The number of allylic oxidation sites excluding steroid dienone is 1. The maximum atomic E-state index is 10.1. The van der Waals surface area contributed by atoms with Crippen molar-refractivity contribution in [1.29, 1.82) is 0 Å². The fraction of sp³-hybridized carbons (Fsp3) is 0.714. The summed E-state index contributed by atoms with van der Waals surface area (Å²) in [5.74, 6) is 0.271. The van der Waals surface area contributed by atoms with Gasteiger partial charge in [-0.15, -0.1) is 6.58 Å². The normalized spacial score (nSPS) is 13.4. The van der Waals surface area contributed by atoms with Gasteiger partial charge in [0.25, 0.3) is 0 Å². The van der Waals surface area contributed by atoms with E-state index in [4.69, 9.17) is 0 Å².